The van der Waals surface area contributed by atoms with Crippen LogP contribution in [0.1, 0.15) is 24.1 Å². The van der Waals surface area contributed by atoms with Gasteiger partial charge in [0.15, 0.2) is 18.2 Å². The summed E-state index contributed by atoms with van der Waals surface area (Å²) in [6.07, 6.45) is 0.839. The number of hydrogen-bond donors (Lipinski definition) is 3. The number of aliphatic hydroxyl groups excluding tert-OH is 1. The normalized spacial score (nSPS) is 20.4. The average Bonchev–Trinajstić information content (AvgIpc) is 2.89. The highest BCUT2D eigenvalue weighted by atomic mass is 19.1. The van der Waals surface area contributed by atoms with Gasteiger partial charge in [0.1, 0.15) is 11.6 Å². The number of nitrogens with zero attached hydrogens (tertiary/aromatic N) is 3. The topological polar surface area (TPSA) is 128 Å². The molecule has 2 aliphatic heterocycles. The van der Waals surface area contributed by atoms with Gasteiger partial charge in [-0.1, -0.05) is 0 Å². The Hall–Kier alpha value is -3.48. The zero-order chi connectivity index (χ0) is 25.2. The molecule has 1 fully saturated rings. The molecule has 3 aromatic heterocycles. The first-order valence-corrected chi connectivity index (χ1v) is 11.5. The number of rotatable bonds is 7. The van der Waals surface area contributed by atoms with Gasteiger partial charge in [-0.15, -0.1) is 0 Å². The van der Waals surface area contributed by atoms with Crippen LogP contribution in [-0.4, -0.2) is 64.5 Å². The molecule has 1 amide bonds. The molecule has 12 heteroatoms. The first-order valence-electron chi connectivity index (χ1n) is 11.5. The van der Waals surface area contributed by atoms with Gasteiger partial charge >= 0.3 is 0 Å². The number of anilines is 1. The number of hydrogen-bond acceptors (Lipinski definition) is 9. The third kappa shape index (κ3) is 5.06. The molecular weight excluding hydrogens is 476 g/mol. The lowest BCUT2D eigenvalue weighted by Gasteiger charge is -2.32. The number of aromatic nitrogens is 3. The van der Waals surface area contributed by atoms with Gasteiger partial charge in [-0.3, -0.25) is 9.78 Å². The van der Waals surface area contributed by atoms with Crippen molar-refractivity contribution in [1.29, 1.82) is 0 Å². The lowest BCUT2D eigenvalue weighted by molar-refractivity contribution is -0.118. The fourth-order valence-corrected chi connectivity index (χ4v) is 4.35. The third-order valence-corrected chi connectivity index (χ3v) is 6.29. The molecule has 3 aromatic rings. The molecule has 5 heterocycles. The summed E-state index contributed by atoms with van der Waals surface area (Å²) in [5, 5.41) is 16.6. The molecule has 0 spiro atoms. The van der Waals surface area contributed by atoms with E-state index in [9.17, 15) is 18.7 Å². The largest absolute Gasteiger partial charge is 0.481 e. The molecule has 3 atom stereocenters. The van der Waals surface area contributed by atoms with Crippen LogP contribution in [-0.2, 0) is 22.5 Å². The molecule has 0 saturated carbocycles. The van der Waals surface area contributed by atoms with E-state index in [2.05, 4.69) is 25.6 Å². The van der Waals surface area contributed by atoms with E-state index in [0.29, 0.717) is 29.8 Å². The molecule has 0 aromatic carbocycles. The number of halogens is 2. The maximum atomic E-state index is 14.6. The summed E-state index contributed by atoms with van der Waals surface area (Å²) in [6, 6.07) is 4.43. The van der Waals surface area contributed by atoms with E-state index in [-0.39, 0.29) is 61.0 Å². The Morgan fingerprint density at radius 2 is 2.14 bits per heavy atom. The molecule has 2 aliphatic rings. The molecule has 0 radical (unpaired) electrons. The summed E-state index contributed by atoms with van der Waals surface area (Å²) < 4.78 is 45.1. The highest BCUT2D eigenvalue weighted by Crippen LogP contribution is 2.28. The van der Waals surface area contributed by atoms with E-state index in [4.69, 9.17) is 14.2 Å². The maximum absolute atomic E-state index is 14.6. The second-order valence-electron chi connectivity index (χ2n) is 8.70. The first kappa shape index (κ1) is 24.2. The van der Waals surface area contributed by atoms with Crippen molar-refractivity contribution in [2.24, 2.45) is 0 Å². The molecule has 0 aliphatic carbocycles. The summed E-state index contributed by atoms with van der Waals surface area (Å²) >= 11 is 0. The van der Waals surface area contributed by atoms with Crippen molar-refractivity contribution in [2.75, 3.05) is 25.6 Å². The predicted octanol–water partition coefficient (Wildman–Crippen LogP) is 1.88. The Morgan fingerprint density at radius 3 is 2.92 bits per heavy atom. The molecule has 1 saturated heterocycles. The van der Waals surface area contributed by atoms with Crippen LogP contribution in [0, 0.1) is 11.6 Å². The third-order valence-electron chi connectivity index (χ3n) is 6.29. The van der Waals surface area contributed by atoms with E-state index in [1.165, 1.54) is 13.2 Å². The van der Waals surface area contributed by atoms with Crippen molar-refractivity contribution in [3.63, 3.8) is 0 Å². The van der Waals surface area contributed by atoms with E-state index < -0.39 is 23.8 Å². The van der Waals surface area contributed by atoms with Gasteiger partial charge in [-0.05, 0) is 18.9 Å². The first-order chi connectivity index (χ1) is 17.4. The number of amides is 1. The quantitative estimate of drug-likeness (QED) is 0.445. The van der Waals surface area contributed by atoms with Crippen LogP contribution in [0.4, 0.5) is 14.6 Å². The van der Waals surface area contributed by atoms with Crippen molar-refractivity contribution in [2.45, 2.75) is 44.1 Å². The minimum absolute atomic E-state index is 0.00578. The number of fused-ring (bicyclic) bond motifs is 2. The van der Waals surface area contributed by atoms with Crippen LogP contribution < -0.4 is 20.1 Å². The van der Waals surface area contributed by atoms with Crippen LogP contribution in [0.2, 0.25) is 0 Å². The Balaban J connectivity index is 1.18. The lowest BCUT2D eigenvalue weighted by atomic mass is 9.96. The summed E-state index contributed by atoms with van der Waals surface area (Å²) in [5.74, 6) is -0.733. The molecule has 5 rings (SSSR count). The molecule has 2 unspecified atom stereocenters. The smallest absolute Gasteiger partial charge is 0.263 e. The predicted molar refractivity (Wildman–Crippen MR) is 124 cm³/mol. The number of methoxy groups -OCH3 is 1. The summed E-state index contributed by atoms with van der Waals surface area (Å²) in [6.45, 7) is 0.227. The van der Waals surface area contributed by atoms with Crippen molar-refractivity contribution in [1.82, 2.24) is 20.3 Å². The Morgan fingerprint density at radius 1 is 1.28 bits per heavy atom. The van der Waals surface area contributed by atoms with E-state index >= 15 is 0 Å². The lowest BCUT2D eigenvalue weighted by Crippen LogP contribution is -2.44. The molecule has 0 bridgehead atoms. The van der Waals surface area contributed by atoms with Gasteiger partial charge in [-0.2, -0.15) is 0 Å². The second kappa shape index (κ2) is 10.2. The van der Waals surface area contributed by atoms with Gasteiger partial charge < -0.3 is 30.0 Å². The number of pyridine rings is 3. The fraction of sp³-hybridized carbons (Fsp3) is 0.417. The van der Waals surface area contributed by atoms with Crippen molar-refractivity contribution < 1.29 is 32.9 Å². The SMILES string of the molecule is COc1ccc2ncc(F)c(C[C@H](O)C3CCC(NCc4nc5c(cc4F)OCC(=O)N5)CO3)c2n1. The van der Waals surface area contributed by atoms with Crippen LogP contribution >= 0.6 is 0 Å². The Bertz CT molecular complexity index is 1290. The zero-order valence-electron chi connectivity index (χ0n) is 19.5. The number of aliphatic hydroxyl groups is 1. The average molecular weight is 501 g/mol. The number of nitrogens with one attached hydrogen (secondary N) is 2. The van der Waals surface area contributed by atoms with Crippen molar-refractivity contribution in [3.05, 3.63) is 47.3 Å². The van der Waals surface area contributed by atoms with Crippen LogP contribution in [0.3, 0.4) is 0 Å². The number of carbonyl (C=O) groups excluding carboxylic acids is 1. The summed E-state index contributed by atoms with van der Waals surface area (Å²) in [7, 11) is 1.47. The van der Waals surface area contributed by atoms with E-state index in [1.54, 1.807) is 12.1 Å². The summed E-state index contributed by atoms with van der Waals surface area (Å²) in [5.41, 5.74) is 1.23. The minimum atomic E-state index is -0.956. The highest BCUT2D eigenvalue weighted by Gasteiger charge is 2.29. The van der Waals surface area contributed by atoms with Crippen LogP contribution in [0.25, 0.3) is 11.0 Å². The van der Waals surface area contributed by atoms with E-state index in [1.807, 2.05) is 0 Å². The van der Waals surface area contributed by atoms with Gasteiger partial charge in [0, 0.05) is 36.7 Å². The molecule has 3 N–H and O–H groups in total. The van der Waals surface area contributed by atoms with Gasteiger partial charge in [0.05, 0.1) is 48.8 Å². The molecule has 10 nitrogen and oxygen atoms in total. The van der Waals surface area contributed by atoms with E-state index in [0.717, 1.165) is 6.20 Å². The minimum Gasteiger partial charge on any atom is -0.481 e. The second-order valence-corrected chi connectivity index (χ2v) is 8.70. The van der Waals surface area contributed by atoms with Crippen molar-refractivity contribution in [3.8, 4) is 11.6 Å². The number of ether oxygens (including phenoxy) is 3. The standard InChI is InChI=1S/C24H25F2N5O5/c1-34-22-5-3-16-23(31-22)13(15(26)8-28-16)6-18(32)19-4-2-12(10-35-19)27-9-17-14(25)7-20-24(29-17)30-21(33)11-36-20/h3,5,7-8,12,18-19,27,32H,2,4,6,9-11H2,1H3,(H,29,30,33)/t12?,18-,19?/m0/s1. The highest BCUT2D eigenvalue weighted by molar-refractivity contribution is 5.94. The van der Waals surface area contributed by atoms with Gasteiger partial charge in [0.25, 0.3) is 5.91 Å². The monoisotopic (exact) mass is 501 g/mol. The zero-order valence-corrected chi connectivity index (χ0v) is 19.5. The van der Waals surface area contributed by atoms with Gasteiger partial charge in [0.2, 0.25) is 5.88 Å². The summed E-state index contributed by atoms with van der Waals surface area (Å²) in [4.78, 5) is 24.0. The molecule has 190 valence electrons. The Kier molecular flexibility index (Phi) is 6.90. The Labute approximate surface area is 205 Å². The molecular formula is C24H25F2N5O5. The number of carbonyl (C=O) groups is 1. The molecule has 36 heavy (non-hydrogen) atoms. The van der Waals surface area contributed by atoms with Gasteiger partial charge in [-0.25, -0.2) is 18.7 Å². The van der Waals surface area contributed by atoms with Crippen molar-refractivity contribution >= 4 is 22.8 Å². The maximum Gasteiger partial charge on any atom is 0.263 e. The van der Waals surface area contributed by atoms with Crippen LogP contribution in [0.15, 0.2) is 24.4 Å². The van der Waals surface area contributed by atoms with Crippen LogP contribution in [0.5, 0.6) is 11.6 Å². The fourth-order valence-electron chi connectivity index (χ4n) is 4.35.